The molecule has 0 saturated carbocycles. The van der Waals surface area contributed by atoms with Gasteiger partial charge in [0.05, 0.1) is 29.5 Å². The molecule has 3 heterocycles. The Balaban J connectivity index is 1.47. The van der Waals surface area contributed by atoms with Gasteiger partial charge in [0.2, 0.25) is 0 Å². The van der Waals surface area contributed by atoms with Crippen LogP contribution in [0, 0.1) is 0 Å². The number of nitrogens with one attached hydrogen (secondary N) is 1. The lowest BCUT2D eigenvalue weighted by atomic mass is 10.0. The van der Waals surface area contributed by atoms with Crippen LogP contribution >= 0.6 is 11.6 Å². The van der Waals surface area contributed by atoms with Crippen molar-refractivity contribution in [1.29, 1.82) is 0 Å². The molecular formula is C21H21ClN4O3. The van der Waals surface area contributed by atoms with Gasteiger partial charge in [0.15, 0.2) is 0 Å². The van der Waals surface area contributed by atoms with E-state index in [2.05, 4.69) is 15.4 Å². The van der Waals surface area contributed by atoms with Crippen LogP contribution in [0.5, 0.6) is 0 Å². The first-order valence-electron chi connectivity index (χ1n) is 9.40. The van der Waals surface area contributed by atoms with E-state index < -0.39 is 6.10 Å². The molecule has 3 aromatic rings. The van der Waals surface area contributed by atoms with Crippen molar-refractivity contribution in [3.8, 4) is 5.69 Å². The molecule has 2 aromatic heterocycles. The molecular weight excluding hydrogens is 392 g/mol. The van der Waals surface area contributed by atoms with Crippen molar-refractivity contribution < 1.29 is 14.6 Å². The van der Waals surface area contributed by atoms with Crippen LogP contribution in [0.2, 0.25) is 5.02 Å². The highest BCUT2D eigenvalue weighted by molar-refractivity contribution is 6.31. The van der Waals surface area contributed by atoms with E-state index in [0.29, 0.717) is 24.5 Å². The first-order valence-corrected chi connectivity index (χ1v) is 9.78. The van der Waals surface area contributed by atoms with Crippen LogP contribution in [0.3, 0.4) is 0 Å². The summed E-state index contributed by atoms with van der Waals surface area (Å²) in [7, 11) is 0. The van der Waals surface area contributed by atoms with Gasteiger partial charge in [-0.2, -0.15) is 5.10 Å². The third-order valence-electron chi connectivity index (χ3n) is 4.91. The van der Waals surface area contributed by atoms with Crippen LogP contribution in [-0.4, -0.2) is 51.1 Å². The number of carbonyl (C=O) groups is 1. The minimum Gasteiger partial charge on any atom is -0.389 e. The summed E-state index contributed by atoms with van der Waals surface area (Å²) in [6.45, 7) is 0.731. The highest BCUT2D eigenvalue weighted by Crippen LogP contribution is 2.21. The van der Waals surface area contributed by atoms with E-state index in [-0.39, 0.29) is 24.2 Å². The zero-order valence-corrected chi connectivity index (χ0v) is 16.4. The fraction of sp³-hybridized carbons (Fsp3) is 0.286. The van der Waals surface area contributed by atoms with Gasteiger partial charge in [-0.25, -0.2) is 9.67 Å². The largest absolute Gasteiger partial charge is 0.389 e. The van der Waals surface area contributed by atoms with Gasteiger partial charge < -0.3 is 15.2 Å². The quantitative estimate of drug-likeness (QED) is 0.671. The van der Waals surface area contributed by atoms with Gasteiger partial charge in [-0.1, -0.05) is 23.7 Å². The maximum atomic E-state index is 12.6. The van der Waals surface area contributed by atoms with Gasteiger partial charge in [-0.05, 0) is 48.2 Å². The fourth-order valence-corrected chi connectivity index (χ4v) is 3.45. The van der Waals surface area contributed by atoms with Crippen LogP contribution in [0.15, 0.2) is 55.0 Å². The van der Waals surface area contributed by atoms with Crippen molar-refractivity contribution in [3.05, 3.63) is 76.8 Å². The molecule has 0 bridgehead atoms. The molecule has 0 aliphatic carbocycles. The van der Waals surface area contributed by atoms with Crippen molar-refractivity contribution in [2.24, 2.45) is 0 Å². The van der Waals surface area contributed by atoms with E-state index in [1.54, 1.807) is 16.9 Å². The Morgan fingerprint density at radius 3 is 2.90 bits per heavy atom. The number of carbonyl (C=O) groups excluding carboxylic acids is 1. The number of ether oxygens (including phenoxy) is 1. The van der Waals surface area contributed by atoms with Crippen LogP contribution in [0.4, 0.5) is 0 Å². The number of hydrogen-bond donors (Lipinski definition) is 2. The van der Waals surface area contributed by atoms with Gasteiger partial charge in [-0.3, -0.25) is 4.79 Å². The average Bonchev–Trinajstić information content (AvgIpc) is 3.27. The molecule has 4 rings (SSSR count). The molecule has 2 N–H and O–H groups in total. The summed E-state index contributed by atoms with van der Waals surface area (Å²) in [5.74, 6) is -0.331. The number of rotatable bonds is 5. The predicted molar refractivity (Wildman–Crippen MR) is 108 cm³/mol. The summed E-state index contributed by atoms with van der Waals surface area (Å²) < 4.78 is 6.98. The van der Waals surface area contributed by atoms with Gasteiger partial charge >= 0.3 is 0 Å². The molecule has 7 nitrogen and oxygen atoms in total. The number of aromatic nitrogens is 3. The van der Waals surface area contributed by atoms with Crippen molar-refractivity contribution in [1.82, 2.24) is 20.1 Å². The minimum absolute atomic E-state index is 0.221. The van der Waals surface area contributed by atoms with E-state index in [0.717, 1.165) is 16.8 Å². The van der Waals surface area contributed by atoms with E-state index in [4.69, 9.17) is 16.3 Å². The number of aliphatic hydroxyl groups is 1. The van der Waals surface area contributed by atoms with Gasteiger partial charge in [0, 0.05) is 25.2 Å². The Kier molecular flexibility index (Phi) is 5.89. The Hall–Kier alpha value is -2.74. The summed E-state index contributed by atoms with van der Waals surface area (Å²) in [4.78, 5) is 16.7. The van der Waals surface area contributed by atoms with Crippen molar-refractivity contribution in [2.45, 2.75) is 25.0 Å². The molecule has 8 heteroatoms. The smallest absolute Gasteiger partial charge is 0.270 e. The van der Waals surface area contributed by atoms with Crippen LogP contribution in [0.1, 0.15) is 28.0 Å². The fourth-order valence-electron chi connectivity index (χ4n) is 3.28. The number of hydrogen-bond acceptors (Lipinski definition) is 5. The second kappa shape index (κ2) is 8.73. The topological polar surface area (TPSA) is 89.3 Å². The summed E-state index contributed by atoms with van der Waals surface area (Å²) in [6, 6.07) is 11.2. The van der Waals surface area contributed by atoms with Gasteiger partial charge in [-0.15, -0.1) is 0 Å². The Morgan fingerprint density at radius 1 is 1.34 bits per heavy atom. The molecule has 0 radical (unpaired) electrons. The predicted octanol–water partition coefficient (Wildman–Crippen LogP) is 2.39. The summed E-state index contributed by atoms with van der Waals surface area (Å²) in [5, 5.41) is 17.5. The third-order valence-corrected chi connectivity index (χ3v) is 5.25. The molecule has 1 amide bonds. The summed E-state index contributed by atoms with van der Waals surface area (Å²) >= 11 is 6.31. The van der Waals surface area contributed by atoms with E-state index in [1.807, 2.05) is 36.5 Å². The number of aliphatic hydroxyl groups excluding tert-OH is 1. The lowest BCUT2D eigenvalue weighted by Gasteiger charge is -2.28. The zero-order chi connectivity index (χ0) is 20.2. The van der Waals surface area contributed by atoms with E-state index in [9.17, 15) is 9.90 Å². The summed E-state index contributed by atoms with van der Waals surface area (Å²) in [6.07, 6.45) is 5.53. The first-order chi connectivity index (χ1) is 14.1. The maximum Gasteiger partial charge on any atom is 0.270 e. The number of pyridine rings is 1. The molecule has 2 atom stereocenters. The van der Waals surface area contributed by atoms with Gasteiger partial charge in [0.1, 0.15) is 5.69 Å². The third kappa shape index (κ3) is 4.64. The lowest BCUT2D eigenvalue weighted by Crippen LogP contribution is -2.48. The Labute approximate surface area is 173 Å². The van der Waals surface area contributed by atoms with Crippen LogP contribution < -0.4 is 5.32 Å². The van der Waals surface area contributed by atoms with Gasteiger partial charge in [0.25, 0.3) is 5.91 Å². The minimum atomic E-state index is -0.715. The average molecular weight is 413 g/mol. The Bertz CT molecular complexity index is 976. The standard InChI is InChI=1S/C21H21ClN4O3/c22-17-12-23-19(21(28)25-18-6-9-29-13-20(18)27)11-15(17)10-14-2-4-16(5-3-14)26-8-1-7-24-26/h1-5,7-8,11-12,18,20,27H,6,9-10,13H2,(H,25,28). The molecule has 1 aliphatic rings. The van der Waals surface area contributed by atoms with Crippen LogP contribution in [0.25, 0.3) is 5.69 Å². The Morgan fingerprint density at radius 2 is 2.17 bits per heavy atom. The normalized spacial score (nSPS) is 19.1. The van der Waals surface area contributed by atoms with Crippen LogP contribution in [-0.2, 0) is 11.2 Å². The summed E-state index contributed by atoms with van der Waals surface area (Å²) in [5.41, 5.74) is 3.11. The zero-order valence-electron chi connectivity index (χ0n) is 15.7. The second-order valence-corrected chi connectivity index (χ2v) is 7.37. The van der Waals surface area contributed by atoms with Crippen molar-refractivity contribution in [2.75, 3.05) is 13.2 Å². The monoisotopic (exact) mass is 412 g/mol. The van der Waals surface area contributed by atoms with E-state index in [1.165, 1.54) is 6.20 Å². The van der Waals surface area contributed by atoms with Crippen molar-refractivity contribution >= 4 is 17.5 Å². The molecule has 0 spiro atoms. The van der Waals surface area contributed by atoms with Crippen molar-refractivity contribution in [3.63, 3.8) is 0 Å². The SMILES string of the molecule is O=C(NC1CCOCC1O)c1cc(Cc2ccc(-n3cccn3)cc2)c(Cl)cn1. The highest BCUT2D eigenvalue weighted by atomic mass is 35.5. The molecule has 1 aromatic carbocycles. The molecule has 1 fully saturated rings. The number of halogens is 1. The number of amides is 1. The number of nitrogens with zero attached hydrogens (tertiary/aromatic N) is 3. The molecule has 150 valence electrons. The van der Waals surface area contributed by atoms with E-state index >= 15 is 0 Å². The number of benzene rings is 1. The highest BCUT2D eigenvalue weighted by Gasteiger charge is 2.26. The lowest BCUT2D eigenvalue weighted by molar-refractivity contribution is -0.0261. The molecule has 2 unspecified atom stereocenters. The maximum absolute atomic E-state index is 12.6. The second-order valence-electron chi connectivity index (χ2n) is 6.97. The molecule has 1 aliphatic heterocycles. The first kappa shape index (κ1) is 19.6. The molecule has 29 heavy (non-hydrogen) atoms. The molecule has 1 saturated heterocycles.